The molecule has 1 heterocycles. The Kier molecular flexibility index (Phi) is 6.50. The lowest BCUT2D eigenvalue weighted by atomic mass is 9.87. The molecule has 5 heteroatoms. The second-order valence-electron chi connectivity index (χ2n) is 7.44. The van der Waals surface area contributed by atoms with Crippen LogP contribution in [-0.4, -0.2) is 62.3 Å². The van der Waals surface area contributed by atoms with Crippen LogP contribution in [-0.2, 0) is 4.74 Å². The molecular formula is C17H34N4O. The molecule has 0 aromatic carbocycles. The first-order valence-corrected chi connectivity index (χ1v) is 8.81. The first-order valence-electron chi connectivity index (χ1n) is 8.81. The number of hydrogen-bond acceptors (Lipinski definition) is 3. The van der Waals surface area contributed by atoms with Crippen LogP contribution in [0.1, 0.15) is 46.5 Å². The molecule has 1 saturated heterocycles. The Morgan fingerprint density at radius 3 is 2.41 bits per heavy atom. The third-order valence-corrected chi connectivity index (χ3v) is 5.14. The Morgan fingerprint density at radius 1 is 1.18 bits per heavy atom. The average molecular weight is 310 g/mol. The first-order chi connectivity index (χ1) is 10.5. The van der Waals surface area contributed by atoms with E-state index < -0.39 is 0 Å². The maximum atomic E-state index is 5.45. The number of morpholine rings is 1. The van der Waals surface area contributed by atoms with Crippen LogP contribution in [0.4, 0.5) is 0 Å². The standard InChI is InChI=1S/C17H34N4O/c1-14-5-7-15(8-6-14)20-16(18-4)19-13-17(2,3)21-9-11-22-12-10-21/h14-15H,5-13H2,1-4H3,(H2,18,19,20). The van der Waals surface area contributed by atoms with Crippen molar-refractivity contribution >= 4 is 5.96 Å². The van der Waals surface area contributed by atoms with Crippen LogP contribution in [0.15, 0.2) is 4.99 Å². The van der Waals surface area contributed by atoms with E-state index in [-0.39, 0.29) is 5.54 Å². The molecule has 2 fully saturated rings. The summed E-state index contributed by atoms with van der Waals surface area (Å²) >= 11 is 0. The number of guanidine groups is 1. The van der Waals surface area contributed by atoms with E-state index in [9.17, 15) is 0 Å². The van der Waals surface area contributed by atoms with Crippen LogP contribution in [0.25, 0.3) is 0 Å². The number of nitrogens with zero attached hydrogens (tertiary/aromatic N) is 2. The Balaban J connectivity index is 1.77. The van der Waals surface area contributed by atoms with Gasteiger partial charge >= 0.3 is 0 Å². The highest BCUT2D eigenvalue weighted by atomic mass is 16.5. The minimum atomic E-state index is 0.114. The lowest BCUT2D eigenvalue weighted by Gasteiger charge is -2.41. The zero-order valence-electron chi connectivity index (χ0n) is 14.8. The molecule has 0 spiro atoms. The van der Waals surface area contributed by atoms with Crippen LogP contribution < -0.4 is 10.6 Å². The summed E-state index contributed by atoms with van der Waals surface area (Å²) in [7, 11) is 1.86. The summed E-state index contributed by atoms with van der Waals surface area (Å²) in [4.78, 5) is 6.90. The topological polar surface area (TPSA) is 48.9 Å². The molecule has 128 valence electrons. The Bertz CT molecular complexity index is 356. The van der Waals surface area contributed by atoms with E-state index in [4.69, 9.17) is 4.74 Å². The van der Waals surface area contributed by atoms with E-state index in [1.165, 1.54) is 25.7 Å². The van der Waals surface area contributed by atoms with Gasteiger partial charge in [0.2, 0.25) is 0 Å². The van der Waals surface area contributed by atoms with Gasteiger partial charge < -0.3 is 15.4 Å². The number of hydrogen-bond donors (Lipinski definition) is 2. The van der Waals surface area contributed by atoms with Gasteiger partial charge in [-0.1, -0.05) is 6.92 Å². The Hall–Kier alpha value is -0.810. The van der Waals surface area contributed by atoms with E-state index in [1.54, 1.807) is 0 Å². The van der Waals surface area contributed by atoms with Crippen LogP contribution in [0, 0.1) is 5.92 Å². The molecule has 0 amide bonds. The summed E-state index contributed by atoms with van der Waals surface area (Å²) in [5.41, 5.74) is 0.114. The normalized spacial score (nSPS) is 28.5. The molecule has 1 aliphatic carbocycles. The van der Waals surface area contributed by atoms with Crippen LogP contribution in [0.5, 0.6) is 0 Å². The molecule has 2 aliphatic rings. The zero-order chi connectivity index (χ0) is 16.0. The van der Waals surface area contributed by atoms with Gasteiger partial charge in [0.1, 0.15) is 0 Å². The second-order valence-corrected chi connectivity index (χ2v) is 7.44. The van der Waals surface area contributed by atoms with E-state index in [0.29, 0.717) is 6.04 Å². The van der Waals surface area contributed by atoms with Crippen molar-refractivity contribution in [1.82, 2.24) is 15.5 Å². The van der Waals surface area contributed by atoms with Gasteiger partial charge in [-0.3, -0.25) is 9.89 Å². The molecule has 1 saturated carbocycles. The fourth-order valence-electron chi connectivity index (χ4n) is 3.37. The van der Waals surface area contributed by atoms with Gasteiger partial charge in [-0.25, -0.2) is 0 Å². The average Bonchev–Trinajstić information content (AvgIpc) is 2.54. The summed E-state index contributed by atoms with van der Waals surface area (Å²) in [6.07, 6.45) is 5.17. The quantitative estimate of drug-likeness (QED) is 0.614. The summed E-state index contributed by atoms with van der Waals surface area (Å²) in [5, 5.41) is 7.12. The lowest BCUT2D eigenvalue weighted by Crippen LogP contribution is -2.57. The third-order valence-electron chi connectivity index (χ3n) is 5.14. The van der Waals surface area contributed by atoms with Crippen molar-refractivity contribution in [2.75, 3.05) is 39.9 Å². The van der Waals surface area contributed by atoms with Crippen LogP contribution >= 0.6 is 0 Å². The van der Waals surface area contributed by atoms with Crippen molar-refractivity contribution in [2.45, 2.75) is 58.0 Å². The van der Waals surface area contributed by atoms with Crippen molar-refractivity contribution < 1.29 is 4.74 Å². The van der Waals surface area contributed by atoms with Gasteiger partial charge in [0, 0.05) is 38.3 Å². The fourth-order valence-corrected chi connectivity index (χ4v) is 3.37. The van der Waals surface area contributed by atoms with Gasteiger partial charge in [-0.15, -0.1) is 0 Å². The summed E-state index contributed by atoms with van der Waals surface area (Å²) in [6.45, 7) is 11.6. The van der Waals surface area contributed by atoms with Gasteiger partial charge in [0.05, 0.1) is 13.2 Å². The van der Waals surface area contributed by atoms with E-state index in [2.05, 4.69) is 41.3 Å². The van der Waals surface area contributed by atoms with Gasteiger partial charge in [0.25, 0.3) is 0 Å². The monoisotopic (exact) mass is 310 g/mol. The predicted octanol–water partition coefficient (Wildman–Crippen LogP) is 1.84. The number of rotatable bonds is 4. The molecule has 5 nitrogen and oxygen atoms in total. The molecule has 0 aromatic rings. The highest BCUT2D eigenvalue weighted by Gasteiger charge is 2.28. The summed E-state index contributed by atoms with van der Waals surface area (Å²) < 4.78 is 5.45. The number of aliphatic imine (C=N–C) groups is 1. The van der Waals surface area contributed by atoms with Crippen molar-refractivity contribution in [3.63, 3.8) is 0 Å². The van der Waals surface area contributed by atoms with Gasteiger partial charge in [0.15, 0.2) is 5.96 Å². The highest BCUT2D eigenvalue weighted by molar-refractivity contribution is 5.80. The van der Waals surface area contributed by atoms with Crippen LogP contribution in [0.3, 0.4) is 0 Å². The summed E-state index contributed by atoms with van der Waals surface area (Å²) in [5.74, 6) is 1.83. The zero-order valence-corrected chi connectivity index (χ0v) is 14.8. The van der Waals surface area contributed by atoms with E-state index >= 15 is 0 Å². The molecule has 2 rings (SSSR count). The Morgan fingerprint density at radius 2 is 1.82 bits per heavy atom. The molecule has 2 N–H and O–H groups in total. The minimum Gasteiger partial charge on any atom is -0.379 e. The van der Waals surface area contributed by atoms with Crippen molar-refractivity contribution in [3.8, 4) is 0 Å². The fraction of sp³-hybridized carbons (Fsp3) is 0.941. The minimum absolute atomic E-state index is 0.114. The molecular weight excluding hydrogens is 276 g/mol. The Labute approximate surface area is 135 Å². The molecule has 1 aliphatic heterocycles. The largest absolute Gasteiger partial charge is 0.379 e. The molecule has 0 atom stereocenters. The summed E-state index contributed by atoms with van der Waals surface area (Å²) in [6, 6.07) is 0.578. The predicted molar refractivity (Wildman–Crippen MR) is 92.4 cm³/mol. The molecule has 0 radical (unpaired) electrons. The maximum absolute atomic E-state index is 5.45. The first kappa shape index (κ1) is 17.5. The van der Waals surface area contributed by atoms with Gasteiger partial charge in [-0.05, 0) is 45.4 Å². The van der Waals surface area contributed by atoms with Gasteiger partial charge in [-0.2, -0.15) is 0 Å². The number of nitrogens with one attached hydrogen (secondary N) is 2. The second kappa shape index (κ2) is 8.16. The number of ether oxygens (including phenoxy) is 1. The van der Waals surface area contributed by atoms with Crippen molar-refractivity contribution in [1.29, 1.82) is 0 Å². The van der Waals surface area contributed by atoms with Crippen molar-refractivity contribution in [2.24, 2.45) is 10.9 Å². The molecule has 0 aromatic heterocycles. The maximum Gasteiger partial charge on any atom is 0.191 e. The van der Waals surface area contributed by atoms with E-state index in [0.717, 1.165) is 44.7 Å². The highest BCUT2D eigenvalue weighted by Crippen LogP contribution is 2.23. The SMILES string of the molecule is CN=C(NCC(C)(C)N1CCOCC1)NC1CCC(C)CC1. The third kappa shape index (κ3) is 5.13. The van der Waals surface area contributed by atoms with E-state index in [1.807, 2.05) is 7.05 Å². The lowest BCUT2D eigenvalue weighted by molar-refractivity contribution is -0.00835. The molecule has 0 unspecified atom stereocenters. The molecule has 22 heavy (non-hydrogen) atoms. The smallest absolute Gasteiger partial charge is 0.191 e. The molecule has 0 bridgehead atoms. The van der Waals surface area contributed by atoms with Crippen LogP contribution in [0.2, 0.25) is 0 Å². The van der Waals surface area contributed by atoms with Crippen molar-refractivity contribution in [3.05, 3.63) is 0 Å².